The van der Waals surface area contributed by atoms with Crippen molar-refractivity contribution in [2.75, 3.05) is 13.1 Å². The molecule has 3 heterocycles. The zero-order chi connectivity index (χ0) is 11.0. The first kappa shape index (κ1) is 12.4. The molecule has 1 aromatic rings. The van der Waals surface area contributed by atoms with Gasteiger partial charge in [-0.1, -0.05) is 0 Å². The van der Waals surface area contributed by atoms with Gasteiger partial charge in [0.1, 0.15) is 11.9 Å². The van der Waals surface area contributed by atoms with Crippen LogP contribution >= 0.6 is 17.0 Å². The molecule has 17 heavy (non-hydrogen) atoms. The maximum absolute atomic E-state index is 12.0. The van der Waals surface area contributed by atoms with Crippen molar-refractivity contribution in [1.82, 2.24) is 15.3 Å². The molecular formula is C11H14BrN3O2. The third-order valence-corrected chi connectivity index (χ3v) is 3.27. The van der Waals surface area contributed by atoms with Crippen LogP contribution in [0.3, 0.4) is 0 Å². The summed E-state index contributed by atoms with van der Waals surface area (Å²) in [4.78, 5) is 19.9. The maximum atomic E-state index is 12.0. The van der Waals surface area contributed by atoms with Crippen LogP contribution in [-0.4, -0.2) is 34.4 Å². The number of ether oxygens (including phenoxy) is 1. The summed E-state index contributed by atoms with van der Waals surface area (Å²) in [5.41, 5.74) is 0.110. The Balaban J connectivity index is 0.00000108. The number of halogens is 1. The van der Waals surface area contributed by atoms with E-state index in [2.05, 4.69) is 15.3 Å². The van der Waals surface area contributed by atoms with Gasteiger partial charge in [0.25, 0.3) is 0 Å². The fourth-order valence-corrected chi connectivity index (χ4v) is 2.41. The van der Waals surface area contributed by atoms with E-state index in [-0.39, 0.29) is 28.4 Å². The van der Waals surface area contributed by atoms with Crippen molar-refractivity contribution in [1.29, 1.82) is 0 Å². The number of fused-ring (bicyclic) bond motifs is 1. The lowest BCUT2D eigenvalue weighted by molar-refractivity contribution is 0.0174. The van der Waals surface area contributed by atoms with Crippen LogP contribution in [-0.2, 0) is 0 Å². The second-order valence-corrected chi connectivity index (χ2v) is 4.37. The number of Topliss-reactive ketones (excluding diaryl/α,β-unsaturated/α-hetero) is 1. The molecule has 0 radical (unpaired) electrons. The van der Waals surface area contributed by atoms with Crippen LogP contribution < -0.4 is 10.1 Å². The Labute approximate surface area is 110 Å². The third kappa shape index (κ3) is 2.19. The van der Waals surface area contributed by atoms with Crippen LogP contribution in [0.1, 0.15) is 29.8 Å². The molecule has 6 heteroatoms. The van der Waals surface area contributed by atoms with Gasteiger partial charge in [-0.25, -0.2) is 9.97 Å². The highest BCUT2D eigenvalue weighted by Crippen LogP contribution is 2.36. The topological polar surface area (TPSA) is 64.1 Å². The number of piperidine rings is 1. The van der Waals surface area contributed by atoms with Gasteiger partial charge < -0.3 is 10.1 Å². The van der Waals surface area contributed by atoms with E-state index in [1.807, 2.05) is 0 Å². The predicted molar refractivity (Wildman–Crippen MR) is 66.8 cm³/mol. The minimum absolute atomic E-state index is 0. The first-order valence-electron chi connectivity index (χ1n) is 5.52. The number of hydrogen-bond donors (Lipinski definition) is 1. The molecule has 0 saturated carbocycles. The van der Waals surface area contributed by atoms with Gasteiger partial charge in [0.15, 0.2) is 17.2 Å². The number of nitrogens with one attached hydrogen (secondary N) is 1. The van der Waals surface area contributed by atoms with Crippen LogP contribution in [0.2, 0.25) is 0 Å². The molecule has 2 aliphatic heterocycles. The molecule has 0 atom stereocenters. The van der Waals surface area contributed by atoms with Crippen LogP contribution in [0, 0.1) is 0 Å². The number of aromatic nitrogens is 2. The molecule has 0 aromatic carbocycles. The Morgan fingerprint density at radius 1 is 1.35 bits per heavy atom. The van der Waals surface area contributed by atoms with Crippen molar-refractivity contribution in [3.8, 4) is 5.75 Å². The first-order valence-corrected chi connectivity index (χ1v) is 5.52. The van der Waals surface area contributed by atoms with E-state index >= 15 is 0 Å². The van der Waals surface area contributed by atoms with E-state index in [0.717, 1.165) is 25.9 Å². The Morgan fingerprint density at radius 2 is 2.12 bits per heavy atom. The van der Waals surface area contributed by atoms with Gasteiger partial charge in [-0.3, -0.25) is 4.79 Å². The van der Waals surface area contributed by atoms with Crippen molar-refractivity contribution in [3.05, 3.63) is 18.2 Å². The normalized spacial score (nSPS) is 21.3. The zero-order valence-corrected chi connectivity index (χ0v) is 11.0. The molecule has 3 rings (SSSR count). The summed E-state index contributed by atoms with van der Waals surface area (Å²) in [6.45, 7) is 1.80. The average molecular weight is 300 g/mol. The third-order valence-electron chi connectivity index (χ3n) is 3.27. The van der Waals surface area contributed by atoms with E-state index in [1.165, 1.54) is 6.33 Å². The van der Waals surface area contributed by atoms with Gasteiger partial charge in [-0.15, -0.1) is 17.0 Å². The largest absolute Gasteiger partial charge is 0.483 e. The average Bonchev–Trinajstić information content (AvgIpc) is 2.30. The Hall–Kier alpha value is -1.01. The Morgan fingerprint density at radius 3 is 2.88 bits per heavy atom. The van der Waals surface area contributed by atoms with Gasteiger partial charge >= 0.3 is 0 Å². The minimum atomic E-state index is -0.319. The molecule has 1 spiro atoms. The number of rotatable bonds is 0. The summed E-state index contributed by atoms with van der Waals surface area (Å²) >= 11 is 0. The highest BCUT2D eigenvalue weighted by atomic mass is 79.9. The fourth-order valence-electron chi connectivity index (χ4n) is 2.41. The molecule has 0 bridgehead atoms. The van der Waals surface area contributed by atoms with Gasteiger partial charge in [0, 0.05) is 12.8 Å². The lowest BCUT2D eigenvalue weighted by Gasteiger charge is -2.40. The van der Waals surface area contributed by atoms with Crippen LogP contribution in [0.15, 0.2) is 12.5 Å². The monoisotopic (exact) mass is 299 g/mol. The number of carbonyl (C=O) groups excluding carboxylic acids is 1. The molecule has 1 N–H and O–H groups in total. The lowest BCUT2D eigenvalue weighted by atomic mass is 9.84. The highest BCUT2D eigenvalue weighted by molar-refractivity contribution is 8.93. The van der Waals surface area contributed by atoms with Crippen LogP contribution in [0.25, 0.3) is 0 Å². The van der Waals surface area contributed by atoms with Gasteiger partial charge in [-0.2, -0.15) is 0 Å². The molecule has 0 aliphatic carbocycles. The standard InChI is InChI=1S/C11H13N3O2.BrH/c15-8-5-11(1-3-12-4-2-11)16-9-6-13-7-14-10(8)9;/h6-7,12H,1-5H2;1H. The highest BCUT2D eigenvalue weighted by Gasteiger charge is 2.41. The number of hydrogen-bond acceptors (Lipinski definition) is 5. The zero-order valence-electron chi connectivity index (χ0n) is 9.31. The summed E-state index contributed by atoms with van der Waals surface area (Å²) < 4.78 is 5.94. The van der Waals surface area contributed by atoms with E-state index in [4.69, 9.17) is 4.74 Å². The summed E-state index contributed by atoms with van der Waals surface area (Å²) in [6, 6.07) is 0. The maximum Gasteiger partial charge on any atom is 0.189 e. The summed E-state index contributed by atoms with van der Waals surface area (Å²) in [7, 11) is 0. The number of carbonyl (C=O) groups is 1. The second kappa shape index (κ2) is 4.70. The van der Waals surface area contributed by atoms with Crippen molar-refractivity contribution in [3.63, 3.8) is 0 Å². The first-order chi connectivity index (χ1) is 7.79. The van der Waals surface area contributed by atoms with E-state index < -0.39 is 0 Å². The van der Waals surface area contributed by atoms with Gasteiger partial charge in [0.05, 0.1) is 12.6 Å². The second-order valence-electron chi connectivity index (χ2n) is 4.37. The van der Waals surface area contributed by atoms with Crippen LogP contribution in [0.5, 0.6) is 5.75 Å². The lowest BCUT2D eigenvalue weighted by Crippen LogP contribution is -2.49. The van der Waals surface area contributed by atoms with Crippen LogP contribution in [0.4, 0.5) is 0 Å². The molecule has 1 fully saturated rings. The minimum Gasteiger partial charge on any atom is -0.483 e. The van der Waals surface area contributed by atoms with Gasteiger partial charge in [-0.05, 0) is 13.1 Å². The molecule has 0 unspecified atom stereocenters. The summed E-state index contributed by atoms with van der Waals surface area (Å²) in [5, 5.41) is 3.27. The summed E-state index contributed by atoms with van der Waals surface area (Å²) in [5.74, 6) is 0.617. The molecule has 1 aromatic heterocycles. The Kier molecular flexibility index (Phi) is 3.44. The molecule has 0 amide bonds. The molecule has 5 nitrogen and oxygen atoms in total. The Bertz CT molecular complexity index is 432. The quantitative estimate of drug-likeness (QED) is 0.778. The SMILES string of the molecule is Br.O=C1CC2(CCNCC2)Oc2cncnc21. The van der Waals surface area contributed by atoms with Crippen molar-refractivity contribution >= 4 is 22.8 Å². The van der Waals surface area contributed by atoms with E-state index in [9.17, 15) is 4.79 Å². The molecule has 1 saturated heterocycles. The molecular weight excluding hydrogens is 286 g/mol. The van der Waals surface area contributed by atoms with E-state index in [0.29, 0.717) is 17.9 Å². The van der Waals surface area contributed by atoms with Gasteiger partial charge in [0.2, 0.25) is 0 Å². The smallest absolute Gasteiger partial charge is 0.189 e. The van der Waals surface area contributed by atoms with Crippen molar-refractivity contribution in [2.45, 2.75) is 24.9 Å². The van der Waals surface area contributed by atoms with Crippen molar-refractivity contribution in [2.24, 2.45) is 0 Å². The van der Waals surface area contributed by atoms with E-state index in [1.54, 1.807) is 6.20 Å². The number of ketones is 1. The molecule has 92 valence electrons. The molecule has 2 aliphatic rings. The predicted octanol–water partition coefficient (Wildman–Crippen LogP) is 1.14. The van der Waals surface area contributed by atoms with Crippen molar-refractivity contribution < 1.29 is 9.53 Å². The summed E-state index contributed by atoms with van der Waals surface area (Å²) in [6.07, 6.45) is 5.16. The number of nitrogens with zero attached hydrogens (tertiary/aromatic N) is 2. The fraction of sp³-hybridized carbons (Fsp3) is 0.545.